The average molecular weight is 538 g/mol. The van der Waals surface area contributed by atoms with Gasteiger partial charge in [0.15, 0.2) is 11.5 Å². The second-order valence-corrected chi connectivity index (χ2v) is 10.4. The van der Waals surface area contributed by atoms with Gasteiger partial charge in [-0.1, -0.05) is 11.6 Å². The fourth-order valence-corrected chi connectivity index (χ4v) is 5.62. The SMILES string of the molecule is O=C(NCCN1CCOCC1)c1cn2c3c(cc(NCCN4CCCC4)cc3c1=O)Oc1cc(Cl)ccc1-2. The molecule has 2 N–H and O–H groups in total. The Balaban J connectivity index is 1.32. The molecule has 2 fully saturated rings. The Morgan fingerprint density at radius 3 is 2.53 bits per heavy atom. The van der Waals surface area contributed by atoms with Crippen molar-refractivity contribution in [2.45, 2.75) is 12.8 Å². The molecular formula is C28H32ClN5O4. The standard InChI is InChI=1S/C28H32ClN5O4/c29-19-3-4-23-24(15-19)38-25-17-20(30-5-9-32-7-1-2-8-32)16-21-26(25)34(23)18-22(27(21)35)28(36)31-6-10-33-11-13-37-14-12-33/h3-4,15-18,30H,1-2,5-14H2,(H,31,36). The van der Waals surface area contributed by atoms with Crippen molar-refractivity contribution in [3.05, 3.63) is 57.3 Å². The zero-order valence-electron chi connectivity index (χ0n) is 21.3. The molecule has 3 aliphatic heterocycles. The number of ether oxygens (including phenoxy) is 2. The van der Waals surface area contributed by atoms with Crippen LogP contribution >= 0.6 is 11.6 Å². The molecule has 0 spiro atoms. The minimum absolute atomic E-state index is 0.0995. The number of hydrogen-bond acceptors (Lipinski definition) is 7. The smallest absolute Gasteiger partial charge is 0.256 e. The van der Waals surface area contributed by atoms with Crippen LogP contribution in [0.25, 0.3) is 16.6 Å². The van der Waals surface area contributed by atoms with Crippen molar-refractivity contribution in [2.24, 2.45) is 0 Å². The molecule has 3 aromatic rings. The minimum atomic E-state index is -0.384. The Bertz CT molecular complexity index is 1410. The van der Waals surface area contributed by atoms with E-state index in [9.17, 15) is 9.59 Å². The van der Waals surface area contributed by atoms with E-state index in [1.54, 1.807) is 18.3 Å². The van der Waals surface area contributed by atoms with Crippen LogP contribution in [0.1, 0.15) is 23.2 Å². The molecule has 0 radical (unpaired) electrons. The van der Waals surface area contributed by atoms with E-state index in [-0.39, 0.29) is 16.9 Å². The van der Waals surface area contributed by atoms with Crippen molar-refractivity contribution >= 4 is 34.1 Å². The highest BCUT2D eigenvalue weighted by Crippen LogP contribution is 2.42. The number of aromatic nitrogens is 1. The van der Waals surface area contributed by atoms with Crippen molar-refractivity contribution in [3.63, 3.8) is 0 Å². The molecule has 1 aromatic heterocycles. The summed E-state index contributed by atoms with van der Waals surface area (Å²) in [5.74, 6) is 0.741. The van der Waals surface area contributed by atoms with E-state index < -0.39 is 0 Å². The lowest BCUT2D eigenvalue weighted by Gasteiger charge is -2.26. The van der Waals surface area contributed by atoms with Gasteiger partial charge in [0.25, 0.3) is 5.91 Å². The van der Waals surface area contributed by atoms with Crippen molar-refractivity contribution in [1.82, 2.24) is 19.7 Å². The molecule has 10 heteroatoms. The summed E-state index contributed by atoms with van der Waals surface area (Å²) >= 11 is 6.26. The van der Waals surface area contributed by atoms with Gasteiger partial charge in [0.2, 0.25) is 5.43 Å². The third-order valence-electron chi connectivity index (χ3n) is 7.48. The first-order valence-electron chi connectivity index (χ1n) is 13.3. The van der Waals surface area contributed by atoms with Gasteiger partial charge in [-0.05, 0) is 44.1 Å². The molecule has 0 saturated carbocycles. The van der Waals surface area contributed by atoms with Gasteiger partial charge < -0.3 is 29.6 Å². The summed E-state index contributed by atoms with van der Waals surface area (Å²) in [6.07, 6.45) is 4.10. The van der Waals surface area contributed by atoms with E-state index in [0.717, 1.165) is 50.6 Å². The van der Waals surface area contributed by atoms with Gasteiger partial charge in [0, 0.05) is 68.3 Å². The Morgan fingerprint density at radius 2 is 1.71 bits per heavy atom. The number of pyridine rings is 1. The van der Waals surface area contributed by atoms with Crippen LogP contribution in [0.2, 0.25) is 5.02 Å². The Morgan fingerprint density at radius 1 is 0.947 bits per heavy atom. The number of rotatable bonds is 8. The first-order valence-corrected chi connectivity index (χ1v) is 13.7. The zero-order chi connectivity index (χ0) is 26.1. The molecule has 0 aliphatic carbocycles. The van der Waals surface area contributed by atoms with Crippen LogP contribution in [-0.2, 0) is 4.74 Å². The maximum Gasteiger partial charge on any atom is 0.256 e. The number of anilines is 1. The Hall–Kier alpha value is -3.11. The van der Waals surface area contributed by atoms with Crippen LogP contribution in [0.3, 0.4) is 0 Å². The summed E-state index contributed by atoms with van der Waals surface area (Å²) in [6.45, 7) is 8.18. The number of carbonyl (C=O) groups excluding carboxylic acids is 1. The number of carbonyl (C=O) groups is 1. The van der Waals surface area contributed by atoms with E-state index in [4.69, 9.17) is 21.1 Å². The second-order valence-electron chi connectivity index (χ2n) is 10.0. The van der Waals surface area contributed by atoms with E-state index in [1.807, 2.05) is 22.8 Å². The lowest BCUT2D eigenvalue weighted by Crippen LogP contribution is -2.42. The van der Waals surface area contributed by atoms with E-state index in [2.05, 4.69) is 20.4 Å². The number of likely N-dealkylation sites (tertiary alicyclic amines) is 1. The van der Waals surface area contributed by atoms with E-state index in [0.29, 0.717) is 53.7 Å². The molecule has 2 aromatic carbocycles. The number of nitrogens with one attached hydrogen (secondary N) is 2. The second kappa shape index (κ2) is 10.9. The number of halogens is 1. The van der Waals surface area contributed by atoms with Gasteiger partial charge in [-0.3, -0.25) is 14.5 Å². The summed E-state index contributed by atoms with van der Waals surface area (Å²) in [5, 5.41) is 7.38. The summed E-state index contributed by atoms with van der Waals surface area (Å²) < 4.78 is 13.5. The molecule has 1 amide bonds. The van der Waals surface area contributed by atoms with Crippen LogP contribution in [0.15, 0.2) is 41.3 Å². The van der Waals surface area contributed by atoms with E-state index in [1.165, 1.54) is 12.8 Å². The lowest BCUT2D eigenvalue weighted by atomic mass is 10.1. The quantitative estimate of drug-likeness (QED) is 0.356. The van der Waals surface area contributed by atoms with Gasteiger partial charge in [0.05, 0.1) is 24.3 Å². The molecule has 200 valence electrons. The lowest BCUT2D eigenvalue weighted by molar-refractivity contribution is 0.0383. The monoisotopic (exact) mass is 537 g/mol. The summed E-state index contributed by atoms with van der Waals surface area (Å²) in [6, 6.07) is 9.10. The maximum atomic E-state index is 13.7. The van der Waals surface area contributed by atoms with Crippen molar-refractivity contribution < 1.29 is 14.3 Å². The molecule has 3 aliphatic rings. The number of amides is 1. The highest BCUT2D eigenvalue weighted by Gasteiger charge is 2.25. The number of morpholine rings is 1. The van der Waals surface area contributed by atoms with Crippen LogP contribution in [0.4, 0.5) is 5.69 Å². The van der Waals surface area contributed by atoms with Crippen LogP contribution in [0, 0.1) is 0 Å². The maximum absolute atomic E-state index is 13.7. The number of nitrogens with zero attached hydrogens (tertiary/aromatic N) is 3. The average Bonchev–Trinajstić information content (AvgIpc) is 3.44. The van der Waals surface area contributed by atoms with Crippen molar-refractivity contribution in [1.29, 1.82) is 0 Å². The fraction of sp³-hybridized carbons (Fsp3) is 0.429. The first-order chi connectivity index (χ1) is 18.6. The normalized spacial score (nSPS) is 17.3. The van der Waals surface area contributed by atoms with Gasteiger partial charge in [-0.25, -0.2) is 0 Å². The minimum Gasteiger partial charge on any atom is -0.453 e. The molecule has 0 unspecified atom stereocenters. The molecule has 38 heavy (non-hydrogen) atoms. The largest absolute Gasteiger partial charge is 0.453 e. The predicted octanol–water partition coefficient (Wildman–Crippen LogP) is 3.32. The molecule has 4 heterocycles. The number of hydrogen-bond donors (Lipinski definition) is 2. The molecular weight excluding hydrogens is 506 g/mol. The molecule has 6 rings (SSSR count). The zero-order valence-corrected chi connectivity index (χ0v) is 22.1. The van der Waals surface area contributed by atoms with Gasteiger partial charge >= 0.3 is 0 Å². The third kappa shape index (κ3) is 5.11. The van der Waals surface area contributed by atoms with Crippen molar-refractivity contribution in [2.75, 3.05) is 70.9 Å². The highest BCUT2D eigenvalue weighted by molar-refractivity contribution is 6.30. The number of benzene rings is 2. The van der Waals surface area contributed by atoms with E-state index >= 15 is 0 Å². The molecule has 2 saturated heterocycles. The van der Waals surface area contributed by atoms with Gasteiger partial charge in [-0.2, -0.15) is 0 Å². The Kier molecular flexibility index (Phi) is 7.25. The van der Waals surface area contributed by atoms with Crippen molar-refractivity contribution in [3.8, 4) is 17.2 Å². The Labute approximate surface area is 226 Å². The third-order valence-corrected chi connectivity index (χ3v) is 7.72. The van der Waals surface area contributed by atoms with Gasteiger partial charge in [0.1, 0.15) is 11.1 Å². The molecule has 0 atom stereocenters. The predicted molar refractivity (Wildman–Crippen MR) is 148 cm³/mol. The van der Waals surface area contributed by atoms with Crippen LogP contribution < -0.4 is 20.8 Å². The molecule has 9 nitrogen and oxygen atoms in total. The highest BCUT2D eigenvalue weighted by atomic mass is 35.5. The van der Waals surface area contributed by atoms with Crippen LogP contribution in [-0.4, -0.2) is 85.8 Å². The number of fused-ring (bicyclic) bond motifs is 2. The van der Waals surface area contributed by atoms with Gasteiger partial charge in [-0.15, -0.1) is 0 Å². The fourth-order valence-electron chi connectivity index (χ4n) is 5.46. The summed E-state index contributed by atoms with van der Waals surface area (Å²) in [7, 11) is 0. The topological polar surface area (TPSA) is 88.1 Å². The summed E-state index contributed by atoms with van der Waals surface area (Å²) in [4.78, 5) is 31.6. The van der Waals surface area contributed by atoms with Crippen LogP contribution in [0.5, 0.6) is 11.5 Å². The summed E-state index contributed by atoms with van der Waals surface area (Å²) in [5.41, 5.74) is 1.93. The first kappa shape index (κ1) is 25.2. The molecule has 0 bridgehead atoms.